The number of rotatable bonds is 4. The Kier molecular flexibility index (Phi) is 3.46. The zero-order chi connectivity index (χ0) is 11.5. The van der Waals surface area contributed by atoms with Crippen molar-refractivity contribution in [2.24, 2.45) is 0 Å². The summed E-state index contributed by atoms with van der Waals surface area (Å²) in [6, 6.07) is 0. The van der Waals surface area contributed by atoms with E-state index in [-0.39, 0.29) is 11.5 Å². The van der Waals surface area contributed by atoms with Gasteiger partial charge in [0.1, 0.15) is 0 Å². The van der Waals surface area contributed by atoms with Crippen LogP contribution in [0.3, 0.4) is 0 Å². The maximum Gasteiger partial charge on any atom is 0.405 e. The summed E-state index contributed by atoms with van der Waals surface area (Å²) in [5.74, 6) is -7.55. The fourth-order valence-electron chi connectivity index (χ4n) is 0.797. The van der Waals surface area contributed by atoms with E-state index in [9.17, 15) is 18.4 Å². The molecular weight excluding hydrogens is 228 g/mol. The number of carbonyl (C=O) groups is 2. The van der Waals surface area contributed by atoms with Crippen LogP contribution in [0, 0.1) is 0 Å². The van der Waals surface area contributed by atoms with Crippen molar-refractivity contribution in [3.63, 3.8) is 0 Å². The molecule has 1 aromatic heterocycles. The quantitative estimate of drug-likeness (QED) is 0.451. The molecule has 0 saturated carbocycles. The molecule has 0 radical (unpaired) electrons. The Bertz CT molecular complexity index is 364. The van der Waals surface area contributed by atoms with Gasteiger partial charge in [-0.15, -0.1) is 11.3 Å². The molecule has 0 spiro atoms. The summed E-state index contributed by atoms with van der Waals surface area (Å²) in [5.41, 5.74) is 1.23. The first kappa shape index (κ1) is 11.7. The number of thiazole rings is 1. The van der Waals surface area contributed by atoms with Crippen molar-refractivity contribution in [3.05, 3.63) is 16.6 Å². The number of alkyl halides is 2. The molecule has 0 aliphatic heterocycles. The average Bonchev–Trinajstić information content (AvgIpc) is 2.69. The Balaban J connectivity index is 2.86. The topological polar surface area (TPSA) is 56.3 Å². The number of esters is 1. The van der Waals surface area contributed by atoms with E-state index in [0.29, 0.717) is 0 Å². The standard InChI is InChI=1S/C8H7F2NO3S/c1-2-14-7(13)8(9,10)6(12)5-3-11-4-15-5/h3-4H,2H2,1H3. The lowest BCUT2D eigenvalue weighted by molar-refractivity contribution is -0.164. The second-order valence-corrected chi connectivity index (χ2v) is 3.38. The summed E-state index contributed by atoms with van der Waals surface area (Å²) < 4.78 is 30.3. The third-order valence-electron chi connectivity index (χ3n) is 1.47. The molecule has 15 heavy (non-hydrogen) atoms. The molecule has 0 bridgehead atoms. The molecule has 1 aromatic rings. The smallest absolute Gasteiger partial charge is 0.405 e. The lowest BCUT2D eigenvalue weighted by Gasteiger charge is -2.11. The normalized spacial score (nSPS) is 11.1. The monoisotopic (exact) mass is 235 g/mol. The van der Waals surface area contributed by atoms with E-state index in [4.69, 9.17) is 0 Å². The number of nitrogens with zero attached hydrogens (tertiary/aromatic N) is 1. The minimum Gasteiger partial charge on any atom is -0.461 e. The number of ketones is 1. The van der Waals surface area contributed by atoms with E-state index in [2.05, 4.69) is 9.72 Å². The lowest BCUT2D eigenvalue weighted by Crippen LogP contribution is -2.39. The van der Waals surface area contributed by atoms with Crippen molar-refractivity contribution in [1.29, 1.82) is 0 Å². The minimum absolute atomic E-state index is 0.204. The van der Waals surface area contributed by atoms with Gasteiger partial charge in [-0.25, -0.2) is 4.79 Å². The molecule has 1 rings (SSSR count). The average molecular weight is 235 g/mol. The predicted octanol–water partition coefficient (Wildman–Crippen LogP) is 1.52. The molecule has 0 N–H and O–H groups in total. The summed E-state index contributed by atoms with van der Waals surface area (Å²) in [7, 11) is 0. The Morgan fingerprint density at radius 2 is 2.27 bits per heavy atom. The molecule has 7 heteroatoms. The Morgan fingerprint density at radius 1 is 1.60 bits per heavy atom. The van der Waals surface area contributed by atoms with Crippen LogP contribution < -0.4 is 0 Å². The first-order chi connectivity index (χ1) is 7.00. The second kappa shape index (κ2) is 4.43. The number of halogens is 2. The largest absolute Gasteiger partial charge is 0.461 e. The van der Waals surface area contributed by atoms with Crippen LogP contribution in [-0.2, 0) is 9.53 Å². The van der Waals surface area contributed by atoms with Crippen molar-refractivity contribution in [1.82, 2.24) is 4.98 Å². The van der Waals surface area contributed by atoms with Gasteiger partial charge in [0.05, 0.1) is 17.0 Å². The van der Waals surface area contributed by atoms with Crippen LogP contribution in [0.5, 0.6) is 0 Å². The van der Waals surface area contributed by atoms with Gasteiger partial charge < -0.3 is 4.74 Å². The summed E-state index contributed by atoms with van der Waals surface area (Å²) in [4.78, 5) is 25.2. The van der Waals surface area contributed by atoms with Crippen molar-refractivity contribution in [3.8, 4) is 0 Å². The van der Waals surface area contributed by atoms with Crippen molar-refractivity contribution < 1.29 is 23.1 Å². The van der Waals surface area contributed by atoms with E-state index in [1.807, 2.05) is 0 Å². The zero-order valence-corrected chi connectivity index (χ0v) is 8.51. The highest BCUT2D eigenvalue weighted by Crippen LogP contribution is 2.23. The molecule has 0 aliphatic rings. The Morgan fingerprint density at radius 3 is 2.73 bits per heavy atom. The van der Waals surface area contributed by atoms with Crippen LogP contribution in [-0.4, -0.2) is 29.3 Å². The number of Topliss-reactive ketones (excluding diaryl/α,β-unsaturated/α-hetero) is 1. The van der Waals surface area contributed by atoms with Crippen LogP contribution in [0.25, 0.3) is 0 Å². The van der Waals surface area contributed by atoms with E-state index >= 15 is 0 Å². The zero-order valence-electron chi connectivity index (χ0n) is 7.70. The maximum absolute atomic E-state index is 13.1. The fourth-order valence-corrected chi connectivity index (χ4v) is 1.39. The highest BCUT2D eigenvalue weighted by molar-refractivity contribution is 7.11. The molecule has 0 fully saturated rings. The molecule has 0 atom stereocenters. The number of aromatic nitrogens is 1. The summed E-state index contributed by atoms with van der Waals surface area (Å²) >= 11 is 0.745. The van der Waals surface area contributed by atoms with Crippen LogP contribution in [0.2, 0.25) is 0 Å². The van der Waals surface area contributed by atoms with E-state index in [1.165, 1.54) is 12.4 Å². The first-order valence-corrected chi connectivity index (χ1v) is 4.86. The van der Waals surface area contributed by atoms with Gasteiger partial charge in [-0.3, -0.25) is 9.78 Å². The van der Waals surface area contributed by atoms with Gasteiger partial charge in [-0.05, 0) is 6.92 Å². The van der Waals surface area contributed by atoms with Crippen molar-refractivity contribution >= 4 is 23.1 Å². The van der Waals surface area contributed by atoms with Gasteiger partial charge in [-0.2, -0.15) is 8.78 Å². The highest BCUT2D eigenvalue weighted by atomic mass is 32.1. The minimum atomic E-state index is -4.14. The molecular formula is C8H7F2NO3S. The number of hydrogen-bond acceptors (Lipinski definition) is 5. The molecule has 0 unspecified atom stereocenters. The maximum atomic E-state index is 13.1. The lowest BCUT2D eigenvalue weighted by atomic mass is 10.2. The molecule has 4 nitrogen and oxygen atoms in total. The van der Waals surface area contributed by atoms with Gasteiger partial charge in [0, 0.05) is 6.20 Å². The third kappa shape index (κ3) is 2.35. The Labute approximate surface area is 87.9 Å². The van der Waals surface area contributed by atoms with Crippen LogP contribution >= 0.6 is 11.3 Å². The van der Waals surface area contributed by atoms with E-state index < -0.39 is 17.7 Å². The van der Waals surface area contributed by atoms with Crippen molar-refractivity contribution in [2.45, 2.75) is 12.8 Å². The van der Waals surface area contributed by atoms with Crippen LogP contribution in [0.1, 0.15) is 16.6 Å². The molecule has 0 amide bonds. The van der Waals surface area contributed by atoms with E-state index in [0.717, 1.165) is 17.5 Å². The molecule has 0 aliphatic carbocycles. The second-order valence-electron chi connectivity index (χ2n) is 2.49. The first-order valence-electron chi connectivity index (χ1n) is 3.98. The predicted molar refractivity (Wildman–Crippen MR) is 48.0 cm³/mol. The van der Waals surface area contributed by atoms with Gasteiger partial charge in [-0.1, -0.05) is 0 Å². The van der Waals surface area contributed by atoms with Gasteiger partial charge in [0.2, 0.25) is 0 Å². The van der Waals surface area contributed by atoms with E-state index in [1.54, 1.807) is 0 Å². The summed E-state index contributed by atoms with van der Waals surface area (Å²) in [6.45, 7) is 1.18. The fraction of sp³-hybridized carbons (Fsp3) is 0.375. The molecule has 1 heterocycles. The van der Waals surface area contributed by atoms with Crippen LogP contribution in [0.15, 0.2) is 11.7 Å². The summed E-state index contributed by atoms with van der Waals surface area (Å²) in [5, 5.41) is 0. The van der Waals surface area contributed by atoms with Gasteiger partial charge >= 0.3 is 11.9 Å². The molecule has 0 saturated heterocycles. The summed E-state index contributed by atoms with van der Waals surface area (Å²) in [6.07, 6.45) is 0.986. The van der Waals surface area contributed by atoms with Gasteiger partial charge in [0.25, 0.3) is 5.78 Å². The molecule has 82 valence electrons. The highest BCUT2D eigenvalue weighted by Gasteiger charge is 2.49. The van der Waals surface area contributed by atoms with Gasteiger partial charge in [0.15, 0.2) is 0 Å². The number of carbonyl (C=O) groups excluding carboxylic acids is 2. The SMILES string of the molecule is CCOC(=O)C(F)(F)C(=O)c1cncs1. The molecule has 0 aromatic carbocycles. The number of hydrogen-bond donors (Lipinski definition) is 0. The number of ether oxygens (including phenoxy) is 1. The third-order valence-corrected chi connectivity index (χ3v) is 2.24. The van der Waals surface area contributed by atoms with Crippen LogP contribution in [0.4, 0.5) is 8.78 Å². The van der Waals surface area contributed by atoms with Crippen molar-refractivity contribution in [2.75, 3.05) is 6.61 Å². The Hall–Kier alpha value is -1.37.